The molecular formula is C15H21NO2S. The molecule has 19 heavy (non-hydrogen) atoms. The molecule has 0 bridgehead atoms. The predicted molar refractivity (Wildman–Crippen MR) is 79.3 cm³/mol. The Morgan fingerprint density at radius 3 is 2.53 bits per heavy atom. The Labute approximate surface area is 118 Å². The lowest BCUT2D eigenvalue weighted by Gasteiger charge is -2.49. The Morgan fingerprint density at radius 1 is 1.42 bits per heavy atom. The number of rotatable bonds is 4. The number of thioether (sulfide) groups is 1. The molecule has 104 valence electrons. The van der Waals surface area contributed by atoms with Gasteiger partial charge in [-0.3, -0.25) is 4.79 Å². The fourth-order valence-corrected chi connectivity index (χ4v) is 2.83. The highest BCUT2D eigenvalue weighted by Crippen LogP contribution is 2.40. The number of aliphatic hydroxyl groups excluding tert-OH is 1. The molecule has 1 aliphatic rings. The zero-order valence-electron chi connectivity index (χ0n) is 11.6. The van der Waals surface area contributed by atoms with Gasteiger partial charge in [0.05, 0.1) is 6.10 Å². The van der Waals surface area contributed by atoms with Gasteiger partial charge in [0.15, 0.2) is 0 Å². The van der Waals surface area contributed by atoms with Crippen molar-refractivity contribution in [3.8, 4) is 0 Å². The SMILES string of the molecule is CSCc1ccc(C(=O)NC2CC(O)C2(C)C)cc1. The summed E-state index contributed by atoms with van der Waals surface area (Å²) in [6, 6.07) is 7.77. The average molecular weight is 279 g/mol. The van der Waals surface area contributed by atoms with Crippen molar-refractivity contribution in [1.82, 2.24) is 5.32 Å². The number of carbonyl (C=O) groups excluding carboxylic acids is 1. The van der Waals surface area contributed by atoms with Gasteiger partial charge in [-0.2, -0.15) is 11.8 Å². The van der Waals surface area contributed by atoms with E-state index in [-0.39, 0.29) is 23.5 Å². The molecule has 0 aromatic heterocycles. The highest BCUT2D eigenvalue weighted by atomic mass is 32.2. The molecule has 1 fully saturated rings. The summed E-state index contributed by atoms with van der Waals surface area (Å²) < 4.78 is 0. The largest absolute Gasteiger partial charge is 0.392 e. The number of aliphatic hydroxyl groups is 1. The summed E-state index contributed by atoms with van der Waals surface area (Å²) in [5.74, 6) is 0.907. The Hall–Kier alpha value is -1.00. The van der Waals surface area contributed by atoms with Crippen LogP contribution < -0.4 is 5.32 Å². The summed E-state index contributed by atoms with van der Waals surface area (Å²) in [4.78, 5) is 12.1. The molecule has 1 aromatic carbocycles. The van der Waals surface area contributed by atoms with Gasteiger partial charge in [-0.05, 0) is 30.4 Å². The molecule has 4 heteroatoms. The van der Waals surface area contributed by atoms with Gasteiger partial charge in [0.1, 0.15) is 0 Å². The van der Waals surface area contributed by atoms with Gasteiger partial charge in [0.25, 0.3) is 5.91 Å². The van der Waals surface area contributed by atoms with E-state index in [1.165, 1.54) is 5.56 Å². The van der Waals surface area contributed by atoms with Crippen molar-refractivity contribution in [3.63, 3.8) is 0 Å². The lowest BCUT2D eigenvalue weighted by Crippen LogP contribution is -2.61. The first kappa shape index (κ1) is 14.4. The molecule has 2 N–H and O–H groups in total. The molecule has 3 nitrogen and oxygen atoms in total. The number of hydrogen-bond donors (Lipinski definition) is 2. The smallest absolute Gasteiger partial charge is 0.251 e. The summed E-state index contributed by atoms with van der Waals surface area (Å²) in [6.07, 6.45) is 2.38. The van der Waals surface area contributed by atoms with Crippen LogP contribution in [0.1, 0.15) is 36.2 Å². The quantitative estimate of drug-likeness (QED) is 0.890. The third-order valence-corrected chi connectivity index (χ3v) is 4.67. The van der Waals surface area contributed by atoms with Crippen LogP contribution in [0.3, 0.4) is 0 Å². The average Bonchev–Trinajstić information content (AvgIpc) is 2.39. The summed E-state index contributed by atoms with van der Waals surface area (Å²) in [5.41, 5.74) is 1.68. The maximum atomic E-state index is 12.1. The van der Waals surface area contributed by atoms with E-state index in [0.717, 1.165) is 5.75 Å². The van der Waals surface area contributed by atoms with Crippen molar-refractivity contribution in [1.29, 1.82) is 0 Å². The van der Waals surface area contributed by atoms with Crippen molar-refractivity contribution in [2.24, 2.45) is 5.41 Å². The normalized spacial score (nSPS) is 24.6. The van der Waals surface area contributed by atoms with Crippen LogP contribution in [-0.2, 0) is 5.75 Å². The Morgan fingerprint density at radius 2 is 2.05 bits per heavy atom. The second kappa shape index (κ2) is 5.55. The van der Waals surface area contributed by atoms with Crippen molar-refractivity contribution < 1.29 is 9.90 Å². The van der Waals surface area contributed by atoms with Gasteiger partial charge < -0.3 is 10.4 Å². The van der Waals surface area contributed by atoms with Crippen molar-refractivity contribution in [2.75, 3.05) is 6.26 Å². The van der Waals surface area contributed by atoms with Crippen molar-refractivity contribution >= 4 is 17.7 Å². The number of nitrogens with one attached hydrogen (secondary N) is 1. The van der Waals surface area contributed by atoms with Gasteiger partial charge >= 0.3 is 0 Å². The lowest BCUT2D eigenvalue weighted by molar-refractivity contribution is -0.0689. The molecule has 0 heterocycles. The summed E-state index contributed by atoms with van der Waals surface area (Å²) in [7, 11) is 0. The van der Waals surface area contributed by atoms with Crippen LogP contribution in [0.25, 0.3) is 0 Å². The van der Waals surface area contributed by atoms with E-state index in [4.69, 9.17) is 0 Å². The third kappa shape index (κ3) is 2.95. The standard InChI is InChI=1S/C15H21NO2S/c1-15(2)12(8-13(15)17)16-14(18)11-6-4-10(5-7-11)9-19-3/h4-7,12-13,17H,8-9H2,1-3H3,(H,16,18). The fourth-order valence-electron chi connectivity index (χ4n) is 2.31. The van der Waals surface area contributed by atoms with E-state index in [0.29, 0.717) is 12.0 Å². The minimum absolute atomic E-state index is 0.0549. The molecule has 1 saturated carbocycles. The lowest BCUT2D eigenvalue weighted by atomic mass is 9.64. The number of amides is 1. The van der Waals surface area contributed by atoms with E-state index in [1.54, 1.807) is 11.8 Å². The molecule has 1 aromatic rings. The van der Waals surface area contributed by atoms with E-state index in [2.05, 4.69) is 11.6 Å². The Balaban J connectivity index is 1.97. The molecule has 2 rings (SSSR count). The predicted octanol–water partition coefficient (Wildman–Crippen LogP) is 2.44. The number of benzene rings is 1. The molecule has 0 radical (unpaired) electrons. The van der Waals surface area contributed by atoms with E-state index >= 15 is 0 Å². The van der Waals surface area contributed by atoms with Crippen LogP contribution >= 0.6 is 11.8 Å². The molecule has 0 saturated heterocycles. The minimum atomic E-state index is -0.318. The zero-order chi connectivity index (χ0) is 14.0. The van der Waals surface area contributed by atoms with Gasteiger partial charge in [0, 0.05) is 22.8 Å². The summed E-state index contributed by atoms with van der Waals surface area (Å²) >= 11 is 1.76. The van der Waals surface area contributed by atoms with Crippen LogP contribution in [0.15, 0.2) is 24.3 Å². The first-order valence-electron chi connectivity index (χ1n) is 6.52. The Bertz CT molecular complexity index is 456. The van der Waals surface area contributed by atoms with Gasteiger partial charge in [-0.25, -0.2) is 0 Å². The third-order valence-electron chi connectivity index (χ3n) is 4.05. The van der Waals surface area contributed by atoms with Gasteiger partial charge in [-0.15, -0.1) is 0 Å². The van der Waals surface area contributed by atoms with Crippen LogP contribution in [-0.4, -0.2) is 29.4 Å². The van der Waals surface area contributed by atoms with E-state index in [9.17, 15) is 9.90 Å². The first-order chi connectivity index (χ1) is 8.95. The van der Waals surface area contributed by atoms with Crippen LogP contribution in [0, 0.1) is 5.41 Å². The maximum absolute atomic E-state index is 12.1. The summed E-state index contributed by atoms with van der Waals surface area (Å²) in [5, 5.41) is 12.7. The van der Waals surface area contributed by atoms with E-state index < -0.39 is 0 Å². The molecule has 0 spiro atoms. The topological polar surface area (TPSA) is 49.3 Å². The Kier molecular flexibility index (Phi) is 4.21. The molecule has 0 aliphatic heterocycles. The molecule has 1 amide bonds. The summed E-state index contributed by atoms with van der Waals surface area (Å²) in [6.45, 7) is 3.96. The van der Waals surface area contributed by atoms with E-state index in [1.807, 2.05) is 38.1 Å². The minimum Gasteiger partial charge on any atom is -0.392 e. The molecular weight excluding hydrogens is 258 g/mol. The highest BCUT2D eigenvalue weighted by Gasteiger charge is 2.47. The number of hydrogen-bond acceptors (Lipinski definition) is 3. The maximum Gasteiger partial charge on any atom is 0.251 e. The number of carbonyl (C=O) groups is 1. The molecule has 2 atom stereocenters. The van der Waals surface area contributed by atoms with Crippen molar-refractivity contribution in [2.45, 2.75) is 38.2 Å². The second-order valence-corrected chi connectivity index (χ2v) is 6.59. The second-order valence-electron chi connectivity index (χ2n) is 5.73. The van der Waals surface area contributed by atoms with Gasteiger partial charge in [-0.1, -0.05) is 26.0 Å². The van der Waals surface area contributed by atoms with Gasteiger partial charge in [0.2, 0.25) is 0 Å². The highest BCUT2D eigenvalue weighted by molar-refractivity contribution is 7.97. The monoisotopic (exact) mass is 279 g/mol. The molecule has 1 aliphatic carbocycles. The van der Waals surface area contributed by atoms with Crippen LogP contribution in [0.5, 0.6) is 0 Å². The fraction of sp³-hybridized carbons (Fsp3) is 0.533. The van der Waals surface area contributed by atoms with Crippen LogP contribution in [0.2, 0.25) is 0 Å². The zero-order valence-corrected chi connectivity index (χ0v) is 12.5. The molecule has 2 unspecified atom stereocenters. The van der Waals surface area contributed by atoms with Crippen LogP contribution in [0.4, 0.5) is 0 Å². The first-order valence-corrected chi connectivity index (χ1v) is 7.91. The van der Waals surface area contributed by atoms with Crippen molar-refractivity contribution in [3.05, 3.63) is 35.4 Å².